The topological polar surface area (TPSA) is 107 Å². The number of carboxylic acids is 1. The van der Waals surface area contributed by atoms with Gasteiger partial charge in [0.2, 0.25) is 10.0 Å². The van der Waals surface area contributed by atoms with E-state index >= 15 is 0 Å². The summed E-state index contributed by atoms with van der Waals surface area (Å²) in [7, 11) is -2.04. The largest absolute Gasteiger partial charge is 0.487 e. The molecule has 4 rings (SSSR count). The number of aliphatic hydroxyl groups excluding tert-OH is 1. The second kappa shape index (κ2) is 12.5. The quantitative estimate of drug-likeness (QED) is 0.501. The molecule has 1 aliphatic heterocycles. The second-order valence-electron chi connectivity index (χ2n) is 10.8. The molecule has 210 valence electrons. The van der Waals surface area contributed by atoms with Gasteiger partial charge in [-0.2, -0.15) is 4.31 Å². The fourth-order valence-electron chi connectivity index (χ4n) is 5.31. The summed E-state index contributed by atoms with van der Waals surface area (Å²) in [5, 5.41) is 19.4. The Morgan fingerprint density at radius 1 is 1.21 bits per heavy atom. The van der Waals surface area contributed by atoms with Crippen LogP contribution in [0.3, 0.4) is 0 Å². The molecule has 2 aliphatic rings. The monoisotopic (exact) mass is 554 g/mol. The maximum atomic E-state index is 13.7. The van der Waals surface area contributed by atoms with Crippen molar-refractivity contribution >= 4 is 16.0 Å². The summed E-state index contributed by atoms with van der Waals surface area (Å²) < 4.78 is 35.2. The Morgan fingerprint density at radius 3 is 2.62 bits per heavy atom. The zero-order valence-electron chi connectivity index (χ0n) is 22.8. The number of carbonyl (C=O) groups is 1. The number of rotatable bonds is 7. The van der Waals surface area contributed by atoms with E-state index in [2.05, 4.69) is 11.8 Å². The van der Waals surface area contributed by atoms with E-state index in [1.807, 2.05) is 24.9 Å². The molecule has 1 heterocycles. The first kappa shape index (κ1) is 29.1. The molecule has 0 radical (unpaired) electrons. The summed E-state index contributed by atoms with van der Waals surface area (Å²) in [6.45, 7) is 4.33. The Kier molecular flexibility index (Phi) is 9.34. The van der Waals surface area contributed by atoms with Gasteiger partial charge in [0.1, 0.15) is 16.7 Å². The SMILES string of the molecule is C[C@@H]1CN([C@H](C)CO)S(=O)(=O)c2ccc(C#CC3CCCC3)cc2O[C@@H]1CN(C)Cc1ccccc1C(=O)O. The van der Waals surface area contributed by atoms with Crippen LogP contribution in [0.5, 0.6) is 5.75 Å². The Labute approximate surface area is 231 Å². The molecule has 0 saturated heterocycles. The fourth-order valence-corrected chi connectivity index (χ4v) is 7.13. The van der Waals surface area contributed by atoms with Gasteiger partial charge in [-0.15, -0.1) is 0 Å². The number of benzene rings is 2. The van der Waals surface area contributed by atoms with Crippen LogP contribution in [0.2, 0.25) is 0 Å². The summed E-state index contributed by atoms with van der Waals surface area (Å²) in [6.07, 6.45) is 4.16. The zero-order valence-corrected chi connectivity index (χ0v) is 23.7. The van der Waals surface area contributed by atoms with Crippen molar-refractivity contribution in [3.63, 3.8) is 0 Å². The molecule has 0 spiro atoms. The minimum Gasteiger partial charge on any atom is -0.487 e. The number of aliphatic hydroxyl groups is 1. The molecule has 1 saturated carbocycles. The molecule has 0 aromatic heterocycles. The molecule has 2 N–H and O–H groups in total. The predicted molar refractivity (Wildman–Crippen MR) is 149 cm³/mol. The lowest BCUT2D eigenvalue weighted by Crippen LogP contribution is -2.49. The van der Waals surface area contributed by atoms with Crippen molar-refractivity contribution in [1.82, 2.24) is 9.21 Å². The van der Waals surface area contributed by atoms with Gasteiger partial charge >= 0.3 is 5.97 Å². The average Bonchev–Trinajstić information content (AvgIpc) is 3.43. The highest BCUT2D eigenvalue weighted by atomic mass is 32.2. The summed E-state index contributed by atoms with van der Waals surface area (Å²) in [6, 6.07) is 11.3. The fraction of sp³-hybridized carbons (Fsp3) is 0.500. The highest BCUT2D eigenvalue weighted by molar-refractivity contribution is 7.89. The molecule has 9 heteroatoms. The zero-order chi connectivity index (χ0) is 28.2. The van der Waals surface area contributed by atoms with Crippen LogP contribution in [0.4, 0.5) is 0 Å². The number of fused-ring (bicyclic) bond motifs is 1. The van der Waals surface area contributed by atoms with Gasteiger partial charge < -0.3 is 14.9 Å². The molecular formula is C30H38N2O6S. The third-order valence-electron chi connectivity index (χ3n) is 7.62. The highest BCUT2D eigenvalue weighted by Crippen LogP contribution is 2.34. The van der Waals surface area contributed by atoms with E-state index in [1.165, 1.54) is 17.1 Å². The van der Waals surface area contributed by atoms with E-state index in [1.54, 1.807) is 43.3 Å². The number of likely N-dealkylation sites (N-methyl/N-ethyl adjacent to an activating group) is 1. The molecule has 2 aromatic rings. The van der Waals surface area contributed by atoms with Crippen molar-refractivity contribution < 1.29 is 28.2 Å². The van der Waals surface area contributed by atoms with Gasteiger partial charge in [0.25, 0.3) is 0 Å². The smallest absolute Gasteiger partial charge is 0.336 e. The first-order chi connectivity index (χ1) is 18.6. The molecule has 1 fully saturated rings. The van der Waals surface area contributed by atoms with Crippen LogP contribution in [0.1, 0.15) is 61.0 Å². The van der Waals surface area contributed by atoms with Gasteiger partial charge in [-0.3, -0.25) is 4.90 Å². The van der Waals surface area contributed by atoms with E-state index < -0.39 is 28.1 Å². The van der Waals surface area contributed by atoms with Crippen LogP contribution >= 0.6 is 0 Å². The molecule has 0 amide bonds. The second-order valence-corrected chi connectivity index (χ2v) is 12.7. The van der Waals surface area contributed by atoms with Crippen LogP contribution in [-0.4, -0.2) is 72.7 Å². The molecule has 2 aromatic carbocycles. The van der Waals surface area contributed by atoms with E-state index in [4.69, 9.17) is 4.74 Å². The minimum absolute atomic E-state index is 0.0602. The molecule has 39 heavy (non-hydrogen) atoms. The molecule has 0 unspecified atom stereocenters. The van der Waals surface area contributed by atoms with Gasteiger partial charge in [-0.25, -0.2) is 13.2 Å². The van der Waals surface area contributed by atoms with Crippen molar-refractivity contribution in [2.75, 3.05) is 26.7 Å². The lowest BCUT2D eigenvalue weighted by atomic mass is 10.0. The van der Waals surface area contributed by atoms with Crippen LogP contribution in [0, 0.1) is 23.7 Å². The van der Waals surface area contributed by atoms with Gasteiger partial charge in [0.05, 0.1) is 12.2 Å². The molecule has 0 bridgehead atoms. The predicted octanol–water partition coefficient (Wildman–Crippen LogP) is 3.83. The van der Waals surface area contributed by atoms with Crippen LogP contribution in [-0.2, 0) is 16.6 Å². The first-order valence-electron chi connectivity index (χ1n) is 13.5. The Balaban J connectivity index is 1.66. The summed E-state index contributed by atoms with van der Waals surface area (Å²) in [4.78, 5) is 13.7. The molecule has 8 nitrogen and oxygen atoms in total. The van der Waals surface area contributed by atoms with Crippen molar-refractivity contribution in [2.45, 2.75) is 63.1 Å². The lowest BCUT2D eigenvalue weighted by molar-refractivity contribution is 0.0686. The summed E-state index contributed by atoms with van der Waals surface area (Å²) >= 11 is 0. The van der Waals surface area contributed by atoms with E-state index in [0.29, 0.717) is 30.1 Å². The Morgan fingerprint density at radius 2 is 1.92 bits per heavy atom. The standard InChI is InChI=1S/C30H38N2O6S/c1-21-17-32(22(2)20-33)39(36,37)29-15-14-24(13-12-23-8-4-5-9-23)16-27(29)38-28(21)19-31(3)18-25-10-6-7-11-26(25)30(34)35/h6-7,10-11,14-16,21-23,28,33H,4-5,8-9,17-20H2,1-3H3,(H,34,35)/t21-,22-,28-/m1/s1. The number of ether oxygens (including phenoxy) is 1. The van der Waals surface area contributed by atoms with Gasteiger partial charge in [0.15, 0.2) is 0 Å². The van der Waals surface area contributed by atoms with Crippen LogP contribution in [0.15, 0.2) is 47.4 Å². The normalized spacial score (nSPS) is 22.2. The van der Waals surface area contributed by atoms with Crippen molar-refractivity contribution in [1.29, 1.82) is 0 Å². The first-order valence-corrected chi connectivity index (χ1v) is 15.0. The number of carboxylic acid groups (broad SMARTS) is 1. The number of nitrogens with zero attached hydrogens (tertiary/aromatic N) is 2. The number of hydrogen-bond acceptors (Lipinski definition) is 6. The maximum absolute atomic E-state index is 13.7. The summed E-state index contributed by atoms with van der Waals surface area (Å²) in [5.41, 5.74) is 1.64. The van der Waals surface area contributed by atoms with E-state index in [-0.39, 0.29) is 35.3 Å². The maximum Gasteiger partial charge on any atom is 0.336 e. The summed E-state index contributed by atoms with van der Waals surface area (Å²) in [5.74, 6) is 5.97. The average molecular weight is 555 g/mol. The Hall–Kier alpha value is -2.90. The van der Waals surface area contributed by atoms with Gasteiger partial charge in [0, 0.05) is 43.1 Å². The molecular weight excluding hydrogens is 516 g/mol. The van der Waals surface area contributed by atoms with Crippen molar-refractivity contribution in [3.8, 4) is 17.6 Å². The number of aromatic carboxylic acids is 1. The van der Waals surface area contributed by atoms with Crippen LogP contribution in [0.25, 0.3) is 0 Å². The molecule has 3 atom stereocenters. The number of sulfonamides is 1. The van der Waals surface area contributed by atoms with Gasteiger partial charge in [-0.05, 0) is 56.6 Å². The van der Waals surface area contributed by atoms with E-state index in [0.717, 1.165) is 12.8 Å². The highest BCUT2D eigenvalue weighted by Gasteiger charge is 2.38. The third-order valence-corrected chi connectivity index (χ3v) is 9.64. The van der Waals surface area contributed by atoms with Crippen molar-refractivity contribution in [2.24, 2.45) is 11.8 Å². The van der Waals surface area contributed by atoms with Crippen LogP contribution < -0.4 is 4.74 Å². The minimum atomic E-state index is -3.93. The van der Waals surface area contributed by atoms with Crippen molar-refractivity contribution in [3.05, 3.63) is 59.2 Å². The van der Waals surface area contributed by atoms with E-state index in [9.17, 15) is 23.4 Å². The number of hydrogen-bond donors (Lipinski definition) is 2. The molecule has 1 aliphatic carbocycles. The lowest BCUT2D eigenvalue weighted by Gasteiger charge is -2.37. The van der Waals surface area contributed by atoms with Gasteiger partial charge in [-0.1, -0.05) is 49.8 Å². The Bertz CT molecular complexity index is 1340. The third kappa shape index (κ3) is 6.82.